The van der Waals surface area contributed by atoms with Crippen molar-refractivity contribution >= 4 is 6.47 Å². The zero-order chi connectivity index (χ0) is 12.0. The minimum absolute atomic E-state index is 0.318. The third-order valence-electron chi connectivity index (χ3n) is 1.74. The maximum absolute atomic E-state index is 9.60. The third kappa shape index (κ3) is 4.13. The number of carbonyl (C=O) groups is 1. The lowest BCUT2D eigenvalue weighted by molar-refractivity contribution is -0.138. The van der Waals surface area contributed by atoms with Gasteiger partial charge in [-0.15, -0.1) is 0 Å². The maximum Gasteiger partial charge on any atom is 0.293 e. The molecule has 2 rings (SSSR count). The summed E-state index contributed by atoms with van der Waals surface area (Å²) in [5.74, 6) is 0. The van der Waals surface area contributed by atoms with Crippen molar-refractivity contribution in [3.05, 3.63) is 30.7 Å². The minimum atomic E-state index is -0.318. The van der Waals surface area contributed by atoms with Crippen molar-refractivity contribution in [3.8, 4) is 11.3 Å². The Morgan fingerprint density at radius 1 is 1.38 bits per heavy atom. The Hall–Kier alpha value is -1.84. The van der Waals surface area contributed by atoms with E-state index < -0.39 is 0 Å². The van der Waals surface area contributed by atoms with Crippen molar-refractivity contribution in [1.29, 1.82) is 0 Å². The second kappa shape index (κ2) is 5.30. The first-order valence-electron chi connectivity index (χ1n) is 5.01. The molecule has 1 N–H and O–H groups in total. The van der Waals surface area contributed by atoms with Crippen LogP contribution in [0.15, 0.2) is 30.7 Å². The van der Waals surface area contributed by atoms with Crippen molar-refractivity contribution in [3.63, 3.8) is 0 Å². The quantitative estimate of drug-likeness (QED) is 0.751. The van der Waals surface area contributed by atoms with Crippen LogP contribution in [0.3, 0.4) is 0 Å². The highest BCUT2D eigenvalue weighted by Gasteiger charge is 2.07. The molecule has 4 heteroatoms. The van der Waals surface area contributed by atoms with E-state index in [0.717, 1.165) is 11.3 Å². The molecule has 0 aromatic heterocycles. The lowest BCUT2D eigenvalue weighted by Gasteiger charge is -2.14. The van der Waals surface area contributed by atoms with Gasteiger partial charge in [0, 0.05) is 18.0 Å². The molecule has 2 aliphatic heterocycles. The molecule has 0 saturated heterocycles. The van der Waals surface area contributed by atoms with E-state index in [-0.39, 0.29) is 5.60 Å². The Labute approximate surface area is 95.0 Å². The summed E-state index contributed by atoms with van der Waals surface area (Å²) in [5, 5.41) is 0. The Bertz CT molecular complexity index is 377. The highest BCUT2D eigenvalue weighted by atomic mass is 16.5. The van der Waals surface area contributed by atoms with Gasteiger partial charge in [-0.25, -0.2) is 0 Å². The van der Waals surface area contributed by atoms with E-state index in [4.69, 9.17) is 0 Å². The number of aromatic nitrogens is 2. The number of hydrogen-bond donors (Lipinski definition) is 1. The molecule has 0 aromatic carbocycles. The molecule has 86 valence electrons. The topological polar surface area (TPSA) is 55.0 Å². The fourth-order valence-corrected chi connectivity index (χ4v) is 1.02. The molecule has 0 spiro atoms. The molecular weight excluding hydrogens is 204 g/mol. The summed E-state index contributed by atoms with van der Waals surface area (Å²) in [5.41, 5.74) is 1.94. The zero-order valence-electron chi connectivity index (χ0n) is 9.73. The van der Waals surface area contributed by atoms with Gasteiger partial charge in [-0.2, -0.15) is 0 Å². The van der Waals surface area contributed by atoms with Crippen LogP contribution >= 0.6 is 0 Å². The maximum atomic E-state index is 9.60. The second-order valence-corrected chi connectivity index (χ2v) is 4.27. The largest absolute Gasteiger partial charge is 0.462 e. The van der Waals surface area contributed by atoms with Crippen molar-refractivity contribution in [2.24, 2.45) is 0 Å². The van der Waals surface area contributed by atoms with Crippen LogP contribution in [0.4, 0.5) is 0 Å². The molecule has 0 aliphatic carbocycles. The van der Waals surface area contributed by atoms with E-state index in [2.05, 4.69) is 14.7 Å². The number of hydrogen-bond acceptors (Lipinski definition) is 3. The predicted octanol–water partition coefficient (Wildman–Crippen LogP) is 2.47. The first-order valence-corrected chi connectivity index (χ1v) is 5.01. The highest BCUT2D eigenvalue weighted by Crippen LogP contribution is 2.15. The lowest BCUT2D eigenvalue weighted by atomic mass is 10.2. The molecule has 0 aromatic rings. The van der Waals surface area contributed by atoms with Crippen LogP contribution in [0.25, 0.3) is 11.3 Å². The van der Waals surface area contributed by atoms with Gasteiger partial charge >= 0.3 is 0 Å². The molecular formula is C12H16N2O2. The molecule has 2 aliphatic rings. The van der Waals surface area contributed by atoms with E-state index in [0.29, 0.717) is 6.47 Å². The van der Waals surface area contributed by atoms with Crippen LogP contribution in [0.1, 0.15) is 20.8 Å². The third-order valence-corrected chi connectivity index (χ3v) is 1.74. The summed E-state index contributed by atoms with van der Waals surface area (Å²) in [7, 11) is 0. The lowest BCUT2D eigenvalue weighted by Crippen LogP contribution is -2.17. The molecule has 0 atom stereocenters. The minimum Gasteiger partial charge on any atom is -0.462 e. The summed E-state index contributed by atoms with van der Waals surface area (Å²) in [4.78, 5) is 16.6. The number of aromatic amines is 1. The summed E-state index contributed by atoms with van der Waals surface area (Å²) < 4.78 is 4.55. The normalized spacial score (nSPS) is 10.4. The van der Waals surface area contributed by atoms with Crippen LogP contribution in [0.2, 0.25) is 0 Å². The summed E-state index contributed by atoms with van der Waals surface area (Å²) >= 11 is 0. The van der Waals surface area contributed by atoms with Crippen LogP contribution in [0, 0.1) is 0 Å². The van der Waals surface area contributed by atoms with Gasteiger partial charge in [0.25, 0.3) is 6.47 Å². The Morgan fingerprint density at radius 3 is 2.62 bits per heavy atom. The molecule has 0 fully saturated rings. The molecule has 16 heavy (non-hydrogen) atoms. The summed E-state index contributed by atoms with van der Waals surface area (Å²) in [6.07, 6.45) is 5.55. The van der Waals surface area contributed by atoms with E-state index in [1.165, 1.54) is 0 Å². The van der Waals surface area contributed by atoms with Crippen LogP contribution in [0.5, 0.6) is 0 Å². The zero-order valence-corrected chi connectivity index (χ0v) is 9.73. The van der Waals surface area contributed by atoms with Crippen LogP contribution in [-0.4, -0.2) is 22.0 Å². The first kappa shape index (κ1) is 12.2. The van der Waals surface area contributed by atoms with Gasteiger partial charge < -0.3 is 9.72 Å². The van der Waals surface area contributed by atoms with Crippen molar-refractivity contribution in [1.82, 2.24) is 9.97 Å². The van der Waals surface area contributed by atoms with Gasteiger partial charge in [-0.3, -0.25) is 9.78 Å². The average molecular weight is 220 g/mol. The van der Waals surface area contributed by atoms with Gasteiger partial charge in [0.05, 0.1) is 11.9 Å². The fraction of sp³-hybridized carbons (Fsp3) is 0.333. The summed E-state index contributed by atoms with van der Waals surface area (Å²) in [6.45, 7) is 5.92. The Kier molecular flexibility index (Phi) is 4.05. The van der Waals surface area contributed by atoms with Crippen LogP contribution in [-0.2, 0) is 9.53 Å². The average Bonchev–Trinajstić information content (AvgIpc) is 2.64. The smallest absolute Gasteiger partial charge is 0.293 e. The number of fused-ring (bicyclic) bond motifs is 1. The van der Waals surface area contributed by atoms with E-state index in [1.807, 2.05) is 51.5 Å². The molecule has 0 radical (unpaired) electrons. The number of nitrogens with zero attached hydrogens (tertiary/aromatic N) is 1. The molecule has 0 saturated carbocycles. The van der Waals surface area contributed by atoms with Crippen LogP contribution < -0.4 is 0 Å². The van der Waals surface area contributed by atoms with E-state index in [9.17, 15) is 4.79 Å². The number of carbonyl (C=O) groups excluding carboxylic acids is 1. The standard InChI is InChI=1S/C7H6N2.C5H10O2/c1-2-6-4-8-5-7(6)9-3-1;1-5(2,3)7-4-6/h1-5,9H;4H,1-3H3. The highest BCUT2D eigenvalue weighted by molar-refractivity contribution is 5.58. The second-order valence-electron chi connectivity index (χ2n) is 4.27. The molecule has 0 bridgehead atoms. The summed E-state index contributed by atoms with van der Waals surface area (Å²) in [6, 6.07) is 3.99. The van der Waals surface area contributed by atoms with Gasteiger partial charge in [0.1, 0.15) is 5.60 Å². The number of rotatable bonds is 1. The predicted molar refractivity (Wildman–Crippen MR) is 62.1 cm³/mol. The number of H-pyrrole nitrogens is 1. The van der Waals surface area contributed by atoms with Gasteiger partial charge in [0.2, 0.25) is 0 Å². The van der Waals surface area contributed by atoms with E-state index >= 15 is 0 Å². The number of pyridine rings is 1. The molecule has 2 heterocycles. The Morgan fingerprint density at radius 2 is 2.12 bits per heavy atom. The monoisotopic (exact) mass is 220 g/mol. The molecule has 4 nitrogen and oxygen atoms in total. The fourth-order valence-electron chi connectivity index (χ4n) is 1.02. The van der Waals surface area contributed by atoms with Gasteiger partial charge in [0.15, 0.2) is 0 Å². The van der Waals surface area contributed by atoms with Crippen molar-refractivity contribution < 1.29 is 9.53 Å². The molecule has 0 unspecified atom stereocenters. The SMILES string of the molecule is CC(C)(C)OC=O.c1c[nH]c2cncc-2c1. The molecule has 0 amide bonds. The number of nitrogens with one attached hydrogen (secondary N) is 1. The van der Waals surface area contributed by atoms with Crippen molar-refractivity contribution in [2.45, 2.75) is 26.4 Å². The van der Waals surface area contributed by atoms with Crippen molar-refractivity contribution in [2.75, 3.05) is 0 Å². The van der Waals surface area contributed by atoms with E-state index in [1.54, 1.807) is 0 Å². The number of ether oxygens (including phenoxy) is 1. The van der Waals surface area contributed by atoms with Gasteiger partial charge in [-0.05, 0) is 32.9 Å². The Balaban J connectivity index is 0.000000168. The van der Waals surface area contributed by atoms with Gasteiger partial charge in [-0.1, -0.05) is 0 Å². The first-order chi connectivity index (χ1) is 7.53.